The van der Waals surface area contributed by atoms with E-state index in [4.69, 9.17) is 5.26 Å². The summed E-state index contributed by atoms with van der Waals surface area (Å²) >= 11 is 0. The monoisotopic (exact) mass is 241 g/mol. The third-order valence-corrected chi connectivity index (χ3v) is 3.33. The molecule has 0 amide bonds. The third kappa shape index (κ3) is 1.79. The molecule has 2 rings (SSSR count). The maximum absolute atomic E-state index is 13.4. The van der Waals surface area contributed by atoms with Crippen LogP contribution in [0.3, 0.4) is 0 Å². The molecule has 1 aliphatic rings. The lowest BCUT2D eigenvalue weighted by molar-refractivity contribution is 0.00534. The van der Waals surface area contributed by atoms with E-state index < -0.39 is 29.0 Å². The Kier molecular flexibility index (Phi) is 2.84. The van der Waals surface area contributed by atoms with E-state index in [1.54, 1.807) is 0 Å². The minimum absolute atomic E-state index is 0.356. The van der Waals surface area contributed by atoms with Crippen molar-refractivity contribution in [3.05, 3.63) is 35.1 Å². The molecule has 17 heavy (non-hydrogen) atoms. The molecule has 1 saturated carbocycles. The Balaban J connectivity index is 2.41. The van der Waals surface area contributed by atoms with Crippen LogP contribution in [-0.4, -0.2) is 5.11 Å². The molecule has 0 bridgehead atoms. The van der Waals surface area contributed by atoms with Crippen molar-refractivity contribution in [3.63, 3.8) is 0 Å². The van der Waals surface area contributed by atoms with E-state index in [1.807, 2.05) is 6.07 Å². The first kappa shape index (κ1) is 11.9. The second kappa shape index (κ2) is 4.04. The molecular formula is C12H10F3NO. The Morgan fingerprint density at radius 3 is 2.24 bits per heavy atom. The van der Waals surface area contributed by atoms with Crippen LogP contribution in [0.25, 0.3) is 0 Å². The molecule has 0 heterocycles. The quantitative estimate of drug-likeness (QED) is 0.809. The molecule has 90 valence electrons. The molecule has 1 aliphatic carbocycles. The van der Waals surface area contributed by atoms with Gasteiger partial charge in [-0.25, -0.2) is 13.2 Å². The van der Waals surface area contributed by atoms with E-state index in [1.165, 1.54) is 0 Å². The number of aliphatic hydroxyl groups is 1. The summed E-state index contributed by atoms with van der Waals surface area (Å²) in [7, 11) is 0. The van der Waals surface area contributed by atoms with Gasteiger partial charge in [0.1, 0.15) is 11.9 Å². The average molecular weight is 241 g/mol. The predicted molar refractivity (Wildman–Crippen MR) is 53.2 cm³/mol. The topological polar surface area (TPSA) is 44.0 Å². The van der Waals surface area contributed by atoms with E-state index in [0.717, 1.165) is 6.42 Å². The number of hydrogen-bond donors (Lipinski definition) is 1. The van der Waals surface area contributed by atoms with Gasteiger partial charge in [0, 0.05) is 11.6 Å². The van der Waals surface area contributed by atoms with Gasteiger partial charge in [-0.3, -0.25) is 0 Å². The maximum atomic E-state index is 13.4. The SMILES string of the molecule is N#CC1(C(O)c2cc(F)c(F)cc2F)CCC1. The molecule has 1 atom stereocenters. The molecule has 1 aromatic carbocycles. The lowest BCUT2D eigenvalue weighted by Crippen LogP contribution is -2.35. The Labute approximate surface area is 96.3 Å². The predicted octanol–water partition coefficient (Wildman–Crippen LogP) is 2.83. The van der Waals surface area contributed by atoms with E-state index in [9.17, 15) is 18.3 Å². The number of rotatable bonds is 2. The van der Waals surface area contributed by atoms with Crippen molar-refractivity contribution >= 4 is 0 Å². The number of nitriles is 1. The van der Waals surface area contributed by atoms with Gasteiger partial charge in [-0.2, -0.15) is 5.26 Å². The number of benzene rings is 1. The Morgan fingerprint density at radius 2 is 1.76 bits per heavy atom. The zero-order chi connectivity index (χ0) is 12.6. The third-order valence-electron chi connectivity index (χ3n) is 3.33. The van der Waals surface area contributed by atoms with Crippen molar-refractivity contribution in [2.45, 2.75) is 25.4 Å². The van der Waals surface area contributed by atoms with Crippen molar-refractivity contribution < 1.29 is 18.3 Å². The van der Waals surface area contributed by atoms with Crippen LogP contribution < -0.4 is 0 Å². The van der Waals surface area contributed by atoms with Crippen LogP contribution in [0, 0.1) is 34.2 Å². The molecule has 1 aromatic rings. The Morgan fingerprint density at radius 1 is 1.18 bits per heavy atom. The number of aliphatic hydroxyl groups excluding tert-OH is 1. The normalized spacial score (nSPS) is 19.2. The zero-order valence-corrected chi connectivity index (χ0v) is 8.88. The molecule has 0 aromatic heterocycles. The highest BCUT2D eigenvalue weighted by Gasteiger charge is 2.45. The second-order valence-corrected chi connectivity index (χ2v) is 4.31. The summed E-state index contributed by atoms with van der Waals surface area (Å²) in [5.41, 5.74) is -1.42. The van der Waals surface area contributed by atoms with Crippen molar-refractivity contribution in [1.29, 1.82) is 5.26 Å². The largest absolute Gasteiger partial charge is 0.387 e. The summed E-state index contributed by atoms with van der Waals surface area (Å²) in [4.78, 5) is 0. The number of hydrogen-bond acceptors (Lipinski definition) is 2. The molecule has 0 aliphatic heterocycles. The highest BCUT2D eigenvalue weighted by atomic mass is 19.2. The van der Waals surface area contributed by atoms with Crippen molar-refractivity contribution in [2.24, 2.45) is 5.41 Å². The summed E-state index contributed by atoms with van der Waals surface area (Å²) in [6.07, 6.45) is 0.207. The van der Waals surface area contributed by atoms with Gasteiger partial charge in [-0.15, -0.1) is 0 Å². The standard InChI is InChI=1S/C12H10F3NO/c13-8-5-10(15)9(14)4-7(8)11(17)12(6-16)2-1-3-12/h4-5,11,17H,1-3H2. The molecular weight excluding hydrogens is 231 g/mol. The molecule has 1 fully saturated rings. The highest BCUT2D eigenvalue weighted by molar-refractivity contribution is 5.27. The van der Waals surface area contributed by atoms with Gasteiger partial charge in [0.2, 0.25) is 0 Å². The van der Waals surface area contributed by atoms with Gasteiger partial charge in [-0.1, -0.05) is 6.42 Å². The van der Waals surface area contributed by atoms with Crippen LogP contribution >= 0.6 is 0 Å². The fourth-order valence-corrected chi connectivity index (χ4v) is 2.05. The average Bonchev–Trinajstić information content (AvgIpc) is 2.22. The van der Waals surface area contributed by atoms with Gasteiger partial charge in [-0.05, 0) is 18.9 Å². The second-order valence-electron chi connectivity index (χ2n) is 4.31. The fourth-order valence-electron chi connectivity index (χ4n) is 2.05. The first-order valence-electron chi connectivity index (χ1n) is 5.24. The summed E-state index contributed by atoms with van der Waals surface area (Å²) in [6, 6.07) is 2.95. The van der Waals surface area contributed by atoms with Crippen LogP contribution in [0.5, 0.6) is 0 Å². The minimum atomic E-state index is -1.42. The smallest absolute Gasteiger partial charge is 0.161 e. The maximum Gasteiger partial charge on any atom is 0.161 e. The highest BCUT2D eigenvalue weighted by Crippen LogP contribution is 2.50. The number of nitrogens with zero attached hydrogens (tertiary/aromatic N) is 1. The molecule has 5 heteroatoms. The molecule has 1 unspecified atom stereocenters. The van der Waals surface area contributed by atoms with Crippen LogP contribution in [0.1, 0.15) is 30.9 Å². The zero-order valence-electron chi connectivity index (χ0n) is 8.88. The van der Waals surface area contributed by atoms with E-state index in [2.05, 4.69) is 0 Å². The van der Waals surface area contributed by atoms with Gasteiger partial charge in [0.15, 0.2) is 11.6 Å². The summed E-state index contributed by atoms with van der Waals surface area (Å²) < 4.78 is 39.2. The number of halogens is 3. The first-order chi connectivity index (χ1) is 8.00. The minimum Gasteiger partial charge on any atom is -0.387 e. The lowest BCUT2D eigenvalue weighted by Gasteiger charge is -2.39. The van der Waals surface area contributed by atoms with Gasteiger partial charge < -0.3 is 5.11 Å². The van der Waals surface area contributed by atoms with Gasteiger partial charge in [0.25, 0.3) is 0 Å². The van der Waals surface area contributed by atoms with Gasteiger partial charge in [0.05, 0.1) is 11.5 Å². The van der Waals surface area contributed by atoms with Crippen LogP contribution in [0.2, 0.25) is 0 Å². The Bertz CT molecular complexity index is 491. The molecule has 2 nitrogen and oxygen atoms in total. The molecule has 0 radical (unpaired) electrons. The van der Waals surface area contributed by atoms with Crippen LogP contribution in [0.15, 0.2) is 12.1 Å². The molecule has 1 N–H and O–H groups in total. The fraction of sp³-hybridized carbons (Fsp3) is 0.417. The van der Waals surface area contributed by atoms with Crippen molar-refractivity contribution in [1.82, 2.24) is 0 Å². The molecule has 0 spiro atoms. The van der Waals surface area contributed by atoms with Gasteiger partial charge >= 0.3 is 0 Å². The summed E-state index contributed by atoms with van der Waals surface area (Å²) in [5, 5.41) is 18.9. The molecule has 0 saturated heterocycles. The lowest BCUT2D eigenvalue weighted by atomic mass is 9.64. The summed E-state index contributed by atoms with van der Waals surface area (Å²) in [6.45, 7) is 0. The van der Waals surface area contributed by atoms with Crippen molar-refractivity contribution in [3.8, 4) is 6.07 Å². The van der Waals surface area contributed by atoms with E-state index in [0.29, 0.717) is 25.0 Å². The first-order valence-corrected chi connectivity index (χ1v) is 5.24. The Hall–Kier alpha value is -1.54. The van der Waals surface area contributed by atoms with E-state index >= 15 is 0 Å². The van der Waals surface area contributed by atoms with E-state index in [-0.39, 0.29) is 5.56 Å². The summed E-state index contributed by atoms with van der Waals surface area (Å²) in [5.74, 6) is -3.57. The van der Waals surface area contributed by atoms with Crippen LogP contribution in [-0.2, 0) is 0 Å². The van der Waals surface area contributed by atoms with Crippen molar-refractivity contribution in [2.75, 3.05) is 0 Å². The van der Waals surface area contributed by atoms with Crippen LogP contribution in [0.4, 0.5) is 13.2 Å².